The fourth-order valence-electron chi connectivity index (χ4n) is 5.62. The van der Waals surface area contributed by atoms with Crippen LogP contribution < -0.4 is 26.0 Å². The molecule has 5 N–H and O–H groups in total. The number of carbonyl (C=O) groups is 3. The SMILES string of the molecule is CCOc1ccc(N(C(=O)c2snc(C(=O)NC3CCCCC3)c2N)C(C(=O)NCCc2ccccc2)c2ccc(O)cc2)cc1. The number of anilines is 2. The molecular formula is C35H39N5O5S. The van der Waals surface area contributed by atoms with Gasteiger partial charge in [-0.3, -0.25) is 19.3 Å². The quantitative estimate of drug-likeness (QED) is 0.157. The third-order valence-electron chi connectivity index (χ3n) is 7.99. The van der Waals surface area contributed by atoms with E-state index in [9.17, 15) is 19.5 Å². The van der Waals surface area contributed by atoms with Crippen LogP contribution in [0.5, 0.6) is 11.5 Å². The van der Waals surface area contributed by atoms with Crippen molar-refractivity contribution in [1.82, 2.24) is 15.0 Å². The molecule has 1 aliphatic carbocycles. The number of hydrogen-bond donors (Lipinski definition) is 4. The number of aromatic hydroxyl groups is 1. The van der Waals surface area contributed by atoms with Gasteiger partial charge in [-0.2, -0.15) is 4.37 Å². The van der Waals surface area contributed by atoms with E-state index in [-0.39, 0.29) is 28.0 Å². The Bertz CT molecular complexity index is 1620. The van der Waals surface area contributed by atoms with Crippen molar-refractivity contribution in [1.29, 1.82) is 0 Å². The Labute approximate surface area is 272 Å². The molecular weight excluding hydrogens is 602 g/mol. The average Bonchev–Trinajstić information content (AvgIpc) is 3.46. The molecule has 1 saturated carbocycles. The van der Waals surface area contributed by atoms with Gasteiger partial charge in [0.15, 0.2) is 5.69 Å². The lowest BCUT2D eigenvalue weighted by Gasteiger charge is -2.31. The fraction of sp³-hybridized carbons (Fsp3) is 0.314. The first kappa shape index (κ1) is 32.5. The molecule has 1 aromatic heterocycles. The maximum absolute atomic E-state index is 14.5. The molecule has 10 nitrogen and oxygen atoms in total. The first-order valence-electron chi connectivity index (χ1n) is 15.6. The molecule has 5 rings (SSSR count). The van der Waals surface area contributed by atoms with Crippen LogP contribution in [0, 0.1) is 0 Å². The molecule has 11 heteroatoms. The lowest BCUT2D eigenvalue weighted by molar-refractivity contribution is -0.122. The zero-order chi connectivity index (χ0) is 32.5. The number of nitrogens with zero attached hydrogens (tertiary/aromatic N) is 2. The summed E-state index contributed by atoms with van der Waals surface area (Å²) in [5.74, 6) is -0.812. The third-order valence-corrected chi connectivity index (χ3v) is 8.84. The number of amides is 3. The number of nitrogens with one attached hydrogen (secondary N) is 2. The van der Waals surface area contributed by atoms with Crippen molar-refractivity contribution < 1.29 is 24.2 Å². The van der Waals surface area contributed by atoms with E-state index in [0.717, 1.165) is 49.2 Å². The maximum Gasteiger partial charge on any atom is 0.273 e. The van der Waals surface area contributed by atoms with Gasteiger partial charge in [0.2, 0.25) is 5.91 Å². The van der Waals surface area contributed by atoms with Gasteiger partial charge in [0.05, 0.1) is 12.3 Å². The van der Waals surface area contributed by atoms with Gasteiger partial charge in [-0.1, -0.05) is 61.7 Å². The number of ether oxygens (including phenoxy) is 1. The van der Waals surface area contributed by atoms with Crippen LogP contribution in [0.2, 0.25) is 0 Å². The van der Waals surface area contributed by atoms with Crippen LogP contribution in [0.15, 0.2) is 78.9 Å². The fourth-order valence-corrected chi connectivity index (χ4v) is 6.36. The zero-order valence-electron chi connectivity index (χ0n) is 25.8. The first-order valence-corrected chi connectivity index (χ1v) is 16.4. The van der Waals surface area contributed by atoms with E-state index >= 15 is 0 Å². The van der Waals surface area contributed by atoms with Crippen molar-refractivity contribution in [3.05, 3.63) is 101 Å². The largest absolute Gasteiger partial charge is 0.508 e. The Morgan fingerprint density at radius 1 is 1.00 bits per heavy atom. The van der Waals surface area contributed by atoms with E-state index < -0.39 is 23.8 Å². The van der Waals surface area contributed by atoms with Crippen molar-refractivity contribution in [2.75, 3.05) is 23.8 Å². The summed E-state index contributed by atoms with van der Waals surface area (Å²) in [7, 11) is 0. The number of aromatic nitrogens is 1. The van der Waals surface area contributed by atoms with Crippen LogP contribution in [0.1, 0.15) is 76.4 Å². The Balaban J connectivity index is 1.50. The lowest BCUT2D eigenvalue weighted by Crippen LogP contribution is -2.44. The lowest BCUT2D eigenvalue weighted by atomic mass is 9.95. The highest BCUT2D eigenvalue weighted by Crippen LogP contribution is 2.34. The Kier molecular flexibility index (Phi) is 10.9. The van der Waals surface area contributed by atoms with Gasteiger partial charge in [0, 0.05) is 18.3 Å². The van der Waals surface area contributed by atoms with Gasteiger partial charge >= 0.3 is 0 Å². The number of nitrogen functional groups attached to an aromatic ring is 1. The standard InChI is InChI=1S/C35H39N5O5S/c1-2-45-28-19-15-26(16-20-28)40(35(44)32-29(36)30(39-46-32)33(42)38-25-11-7-4-8-12-25)31(24-13-17-27(41)18-14-24)34(43)37-22-21-23-9-5-3-6-10-23/h3,5-6,9-10,13-20,25,31,41H,2,4,7-8,11-12,21-22,36H2,1H3,(H,37,43)(H,38,42). The normalized spacial score (nSPS) is 13.8. The van der Waals surface area contributed by atoms with Gasteiger partial charge in [-0.25, -0.2) is 0 Å². The van der Waals surface area contributed by atoms with Crippen LogP contribution in [-0.4, -0.2) is 46.4 Å². The highest BCUT2D eigenvalue weighted by molar-refractivity contribution is 7.09. The van der Waals surface area contributed by atoms with E-state index in [1.54, 1.807) is 36.4 Å². The minimum atomic E-state index is -1.15. The highest BCUT2D eigenvalue weighted by atomic mass is 32.1. The van der Waals surface area contributed by atoms with E-state index in [4.69, 9.17) is 10.5 Å². The van der Waals surface area contributed by atoms with Crippen LogP contribution in [0.3, 0.4) is 0 Å². The zero-order valence-corrected chi connectivity index (χ0v) is 26.6. The molecule has 0 radical (unpaired) electrons. The van der Waals surface area contributed by atoms with E-state index in [0.29, 0.717) is 36.6 Å². The first-order chi connectivity index (χ1) is 22.4. The molecule has 0 bridgehead atoms. The average molecular weight is 642 g/mol. The molecule has 0 saturated heterocycles. The molecule has 1 atom stereocenters. The summed E-state index contributed by atoms with van der Waals surface area (Å²) in [6, 6.07) is 21.6. The van der Waals surface area contributed by atoms with Gasteiger partial charge < -0.3 is 26.2 Å². The van der Waals surface area contributed by atoms with Crippen LogP contribution >= 0.6 is 11.5 Å². The van der Waals surface area contributed by atoms with Crippen molar-refractivity contribution in [3.63, 3.8) is 0 Å². The van der Waals surface area contributed by atoms with Crippen molar-refractivity contribution >= 4 is 40.6 Å². The summed E-state index contributed by atoms with van der Waals surface area (Å²) in [6.45, 7) is 2.67. The smallest absolute Gasteiger partial charge is 0.273 e. The number of phenolic OH excluding ortho intramolecular Hbond substituents is 1. The topological polar surface area (TPSA) is 147 Å². The van der Waals surface area contributed by atoms with Crippen LogP contribution in [-0.2, 0) is 11.2 Å². The molecule has 3 aromatic carbocycles. The van der Waals surface area contributed by atoms with Crippen LogP contribution in [0.25, 0.3) is 0 Å². The molecule has 0 aliphatic heterocycles. The van der Waals surface area contributed by atoms with Crippen molar-refractivity contribution in [2.24, 2.45) is 0 Å². The van der Waals surface area contributed by atoms with Gasteiger partial charge in [0.25, 0.3) is 11.8 Å². The van der Waals surface area contributed by atoms with Crippen molar-refractivity contribution in [3.8, 4) is 11.5 Å². The molecule has 1 heterocycles. The molecule has 1 unspecified atom stereocenters. The molecule has 3 amide bonds. The number of benzene rings is 3. The minimum absolute atomic E-state index is 0.000867. The summed E-state index contributed by atoms with van der Waals surface area (Å²) < 4.78 is 9.91. The molecule has 0 spiro atoms. The Morgan fingerprint density at radius 3 is 2.37 bits per heavy atom. The van der Waals surface area contributed by atoms with Crippen LogP contribution in [0.4, 0.5) is 11.4 Å². The number of phenols is 1. The second-order valence-corrected chi connectivity index (χ2v) is 12.0. The molecule has 1 fully saturated rings. The predicted molar refractivity (Wildman–Crippen MR) is 179 cm³/mol. The monoisotopic (exact) mass is 641 g/mol. The maximum atomic E-state index is 14.5. The summed E-state index contributed by atoms with van der Waals surface area (Å²) in [6.07, 6.45) is 5.61. The Morgan fingerprint density at radius 2 is 1.70 bits per heavy atom. The highest BCUT2D eigenvalue weighted by Gasteiger charge is 2.36. The second-order valence-electron chi connectivity index (χ2n) is 11.2. The van der Waals surface area contributed by atoms with Gasteiger partial charge in [-0.05, 0) is 85.2 Å². The number of rotatable bonds is 12. The minimum Gasteiger partial charge on any atom is -0.508 e. The van der Waals surface area contributed by atoms with E-state index in [1.807, 2.05) is 37.3 Å². The number of hydrogen-bond acceptors (Lipinski definition) is 8. The summed E-state index contributed by atoms with van der Waals surface area (Å²) in [4.78, 5) is 43.1. The number of carbonyl (C=O) groups excluding carboxylic acids is 3. The summed E-state index contributed by atoms with van der Waals surface area (Å²) in [5.41, 5.74) is 8.35. The molecule has 1 aliphatic rings. The Hall–Kier alpha value is -4.90. The van der Waals surface area contributed by atoms with E-state index in [2.05, 4.69) is 15.0 Å². The molecule has 46 heavy (non-hydrogen) atoms. The predicted octanol–water partition coefficient (Wildman–Crippen LogP) is 5.64. The van der Waals surface area contributed by atoms with Gasteiger partial charge in [0.1, 0.15) is 22.4 Å². The second kappa shape index (κ2) is 15.4. The van der Waals surface area contributed by atoms with Gasteiger partial charge in [-0.15, -0.1) is 0 Å². The van der Waals surface area contributed by atoms with Crippen molar-refractivity contribution in [2.45, 2.75) is 57.5 Å². The molecule has 4 aromatic rings. The van der Waals surface area contributed by atoms with E-state index in [1.165, 1.54) is 17.0 Å². The summed E-state index contributed by atoms with van der Waals surface area (Å²) >= 11 is 0.827. The molecule has 240 valence electrons. The number of nitrogens with two attached hydrogens (primary N) is 1. The third kappa shape index (κ3) is 7.84. The summed E-state index contributed by atoms with van der Waals surface area (Å²) in [5, 5.41) is 16.0.